The number of ether oxygens (including phenoxy) is 3. The van der Waals surface area contributed by atoms with E-state index in [1.807, 2.05) is 6.92 Å². The average Bonchev–Trinajstić information content (AvgIpc) is 2.88. The van der Waals surface area contributed by atoms with Crippen molar-refractivity contribution in [1.29, 1.82) is 0 Å². The van der Waals surface area contributed by atoms with E-state index in [2.05, 4.69) is 14.8 Å². The standard InChI is InChI=1S/C14H17N3O4/c1-10-8-12(14(18)20-3)16-17(10)6-7-21-11-4-5-13(19-2)15-9-11/h4-5,8-9H,6-7H2,1-3H3. The highest BCUT2D eigenvalue weighted by atomic mass is 16.5. The Balaban J connectivity index is 1.90. The molecule has 2 aromatic heterocycles. The maximum Gasteiger partial charge on any atom is 0.358 e. The lowest BCUT2D eigenvalue weighted by Crippen LogP contribution is -2.12. The van der Waals surface area contributed by atoms with Crippen molar-refractivity contribution in [3.63, 3.8) is 0 Å². The van der Waals surface area contributed by atoms with Gasteiger partial charge in [-0.25, -0.2) is 9.78 Å². The molecule has 0 N–H and O–H groups in total. The summed E-state index contributed by atoms with van der Waals surface area (Å²) in [6, 6.07) is 5.19. The van der Waals surface area contributed by atoms with Gasteiger partial charge in [0.15, 0.2) is 5.69 Å². The number of hydrogen-bond acceptors (Lipinski definition) is 6. The Bertz CT molecular complexity index is 607. The number of aromatic nitrogens is 3. The fourth-order valence-corrected chi connectivity index (χ4v) is 1.76. The second kappa shape index (κ2) is 6.74. The molecular weight excluding hydrogens is 274 g/mol. The number of nitrogens with zero attached hydrogens (tertiary/aromatic N) is 3. The molecule has 0 aromatic carbocycles. The van der Waals surface area contributed by atoms with Gasteiger partial charge >= 0.3 is 5.97 Å². The third-order valence-electron chi connectivity index (χ3n) is 2.87. The molecule has 0 fully saturated rings. The summed E-state index contributed by atoms with van der Waals surface area (Å²) < 4.78 is 16.9. The van der Waals surface area contributed by atoms with Gasteiger partial charge in [0, 0.05) is 11.8 Å². The zero-order valence-corrected chi connectivity index (χ0v) is 12.2. The van der Waals surface area contributed by atoms with Crippen LogP contribution in [0.5, 0.6) is 11.6 Å². The number of methoxy groups -OCH3 is 2. The van der Waals surface area contributed by atoms with E-state index in [-0.39, 0.29) is 0 Å². The number of carbonyl (C=O) groups excluding carboxylic acids is 1. The highest BCUT2D eigenvalue weighted by Crippen LogP contribution is 2.13. The van der Waals surface area contributed by atoms with Gasteiger partial charge in [-0.1, -0.05) is 0 Å². The van der Waals surface area contributed by atoms with Crippen molar-refractivity contribution in [2.24, 2.45) is 0 Å². The van der Waals surface area contributed by atoms with Crippen LogP contribution in [0.3, 0.4) is 0 Å². The minimum atomic E-state index is -0.447. The molecule has 0 aliphatic rings. The van der Waals surface area contributed by atoms with E-state index < -0.39 is 5.97 Å². The molecule has 2 heterocycles. The minimum absolute atomic E-state index is 0.293. The molecule has 2 rings (SSSR count). The fourth-order valence-electron chi connectivity index (χ4n) is 1.76. The topological polar surface area (TPSA) is 75.5 Å². The summed E-state index contributed by atoms with van der Waals surface area (Å²) in [6.07, 6.45) is 1.59. The zero-order chi connectivity index (χ0) is 15.2. The Labute approximate surface area is 122 Å². The number of aryl methyl sites for hydroxylation is 1. The first-order valence-corrected chi connectivity index (χ1v) is 6.39. The molecule has 7 heteroatoms. The number of hydrogen-bond donors (Lipinski definition) is 0. The van der Waals surface area contributed by atoms with Crippen molar-refractivity contribution in [3.8, 4) is 11.6 Å². The van der Waals surface area contributed by atoms with Gasteiger partial charge in [0.25, 0.3) is 0 Å². The number of pyridine rings is 1. The maximum atomic E-state index is 11.4. The number of rotatable bonds is 6. The molecule has 21 heavy (non-hydrogen) atoms. The molecule has 0 atom stereocenters. The highest BCUT2D eigenvalue weighted by Gasteiger charge is 2.12. The maximum absolute atomic E-state index is 11.4. The quantitative estimate of drug-likeness (QED) is 0.750. The van der Waals surface area contributed by atoms with Crippen LogP contribution < -0.4 is 9.47 Å². The van der Waals surface area contributed by atoms with E-state index in [4.69, 9.17) is 9.47 Å². The van der Waals surface area contributed by atoms with Crippen molar-refractivity contribution >= 4 is 5.97 Å². The molecule has 0 aliphatic heterocycles. The molecule has 0 unspecified atom stereocenters. The van der Waals surface area contributed by atoms with Gasteiger partial charge in [0.1, 0.15) is 12.4 Å². The number of carbonyl (C=O) groups is 1. The molecule has 0 saturated carbocycles. The van der Waals surface area contributed by atoms with E-state index in [9.17, 15) is 4.79 Å². The normalized spacial score (nSPS) is 10.2. The molecule has 0 saturated heterocycles. The Kier molecular flexibility index (Phi) is 4.76. The smallest absolute Gasteiger partial charge is 0.358 e. The first kappa shape index (κ1) is 14.8. The van der Waals surface area contributed by atoms with E-state index in [1.54, 1.807) is 36.2 Å². The Morgan fingerprint density at radius 3 is 2.76 bits per heavy atom. The van der Waals surface area contributed by atoms with E-state index in [0.717, 1.165) is 5.69 Å². The van der Waals surface area contributed by atoms with Crippen LogP contribution in [-0.4, -0.2) is 41.6 Å². The predicted octanol–water partition coefficient (Wildman–Crippen LogP) is 1.46. The molecule has 2 aromatic rings. The van der Waals surface area contributed by atoms with Crippen LogP contribution in [0.2, 0.25) is 0 Å². The summed E-state index contributed by atoms with van der Waals surface area (Å²) in [4.78, 5) is 15.4. The molecule has 0 aliphatic carbocycles. The molecule has 0 radical (unpaired) electrons. The van der Waals surface area contributed by atoms with Crippen LogP contribution in [0.1, 0.15) is 16.2 Å². The van der Waals surface area contributed by atoms with Gasteiger partial charge < -0.3 is 14.2 Å². The van der Waals surface area contributed by atoms with Crippen LogP contribution in [0, 0.1) is 6.92 Å². The van der Waals surface area contributed by atoms with Crippen LogP contribution in [0.15, 0.2) is 24.4 Å². The van der Waals surface area contributed by atoms with Crippen molar-refractivity contribution in [1.82, 2.24) is 14.8 Å². The van der Waals surface area contributed by atoms with Crippen LogP contribution in [0.4, 0.5) is 0 Å². The average molecular weight is 291 g/mol. The highest BCUT2D eigenvalue weighted by molar-refractivity contribution is 5.87. The lowest BCUT2D eigenvalue weighted by molar-refractivity contribution is 0.0592. The van der Waals surface area contributed by atoms with Gasteiger partial charge in [0.05, 0.1) is 27.0 Å². The third kappa shape index (κ3) is 3.71. The third-order valence-corrected chi connectivity index (χ3v) is 2.87. The summed E-state index contributed by atoms with van der Waals surface area (Å²) in [7, 11) is 2.89. The van der Waals surface area contributed by atoms with Crippen molar-refractivity contribution in [3.05, 3.63) is 35.8 Å². The number of esters is 1. The SMILES string of the molecule is COC(=O)c1cc(C)n(CCOc2ccc(OC)nc2)n1. The first-order valence-electron chi connectivity index (χ1n) is 6.39. The van der Waals surface area contributed by atoms with Crippen molar-refractivity contribution in [2.75, 3.05) is 20.8 Å². The van der Waals surface area contributed by atoms with Gasteiger partial charge in [-0.15, -0.1) is 0 Å². The minimum Gasteiger partial charge on any atom is -0.490 e. The Morgan fingerprint density at radius 2 is 2.14 bits per heavy atom. The monoisotopic (exact) mass is 291 g/mol. The summed E-state index contributed by atoms with van der Waals surface area (Å²) >= 11 is 0. The largest absolute Gasteiger partial charge is 0.490 e. The predicted molar refractivity (Wildman–Crippen MR) is 74.6 cm³/mol. The lowest BCUT2D eigenvalue weighted by Gasteiger charge is -2.07. The Hall–Kier alpha value is -2.57. The van der Waals surface area contributed by atoms with Gasteiger partial charge in [-0.3, -0.25) is 4.68 Å². The summed E-state index contributed by atoms with van der Waals surface area (Å²) in [5, 5.41) is 4.17. The lowest BCUT2D eigenvalue weighted by atomic mass is 10.4. The van der Waals surface area contributed by atoms with Crippen LogP contribution in [-0.2, 0) is 11.3 Å². The van der Waals surface area contributed by atoms with Crippen molar-refractivity contribution < 1.29 is 19.0 Å². The van der Waals surface area contributed by atoms with Gasteiger partial charge in [-0.05, 0) is 19.1 Å². The van der Waals surface area contributed by atoms with Crippen LogP contribution in [0.25, 0.3) is 0 Å². The zero-order valence-electron chi connectivity index (χ0n) is 12.2. The van der Waals surface area contributed by atoms with Crippen molar-refractivity contribution in [2.45, 2.75) is 13.5 Å². The first-order chi connectivity index (χ1) is 10.1. The van der Waals surface area contributed by atoms with Gasteiger partial charge in [-0.2, -0.15) is 5.10 Å². The van der Waals surface area contributed by atoms with E-state index >= 15 is 0 Å². The molecule has 0 spiro atoms. The van der Waals surface area contributed by atoms with Gasteiger partial charge in [0.2, 0.25) is 5.88 Å². The second-order valence-electron chi connectivity index (χ2n) is 4.27. The molecule has 7 nitrogen and oxygen atoms in total. The molecular formula is C14H17N3O4. The fraction of sp³-hybridized carbons (Fsp3) is 0.357. The molecule has 112 valence electrons. The van der Waals surface area contributed by atoms with E-state index in [0.29, 0.717) is 30.5 Å². The molecule has 0 bridgehead atoms. The van der Waals surface area contributed by atoms with Crippen LogP contribution >= 0.6 is 0 Å². The molecule has 0 amide bonds. The summed E-state index contributed by atoms with van der Waals surface area (Å²) in [6.45, 7) is 2.81. The summed E-state index contributed by atoms with van der Waals surface area (Å²) in [5.74, 6) is 0.735. The van der Waals surface area contributed by atoms with E-state index in [1.165, 1.54) is 7.11 Å². The Morgan fingerprint density at radius 1 is 1.33 bits per heavy atom. The second-order valence-corrected chi connectivity index (χ2v) is 4.27. The summed E-state index contributed by atoms with van der Waals surface area (Å²) in [5.41, 5.74) is 1.16.